The summed E-state index contributed by atoms with van der Waals surface area (Å²) in [6, 6.07) is 3.63. The van der Waals surface area contributed by atoms with Gasteiger partial charge in [0.05, 0.1) is 16.4 Å². The van der Waals surface area contributed by atoms with Crippen LogP contribution in [0.1, 0.15) is 47.5 Å². The maximum atomic E-state index is 12.6. The molecule has 0 unspecified atom stereocenters. The third-order valence-corrected chi connectivity index (χ3v) is 4.59. The van der Waals surface area contributed by atoms with Crippen molar-refractivity contribution in [2.24, 2.45) is 5.41 Å². The van der Waals surface area contributed by atoms with E-state index in [1.54, 1.807) is 18.0 Å². The van der Waals surface area contributed by atoms with Crippen molar-refractivity contribution in [2.45, 2.75) is 41.2 Å². The fourth-order valence-electron chi connectivity index (χ4n) is 2.04. The lowest BCUT2D eigenvalue weighted by Crippen LogP contribution is -2.27. The summed E-state index contributed by atoms with van der Waals surface area (Å²) in [6.45, 7) is 9.60. The number of rotatable bonds is 4. The normalized spacial score (nSPS) is 11.4. The van der Waals surface area contributed by atoms with Gasteiger partial charge in [-0.1, -0.05) is 25.9 Å². The van der Waals surface area contributed by atoms with Gasteiger partial charge in [0, 0.05) is 18.5 Å². The lowest BCUT2D eigenvalue weighted by molar-refractivity contribution is -0.123. The first-order valence-electron chi connectivity index (χ1n) is 7.67. The largest absolute Gasteiger partial charge is 0.361 e. The number of thiophene rings is 1. The van der Waals surface area contributed by atoms with E-state index in [1.165, 1.54) is 11.3 Å². The molecule has 130 valence electrons. The zero-order valence-corrected chi connectivity index (χ0v) is 15.7. The molecule has 0 radical (unpaired) electrons. The Kier molecular flexibility index (Phi) is 5.13. The molecule has 0 aliphatic rings. The summed E-state index contributed by atoms with van der Waals surface area (Å²) in [6.07, 6.45) is 0. The van der Waals surface area contributed by atoms with Crippen LogP contribution in [0.3, 0.4) is 0 Å². The Hall–Kier alpha value is -2.15. The van der Waals surface area contributed by atoms with Gasteiger partial charge in [-0.05, 0) is 25.5 Å². The molecule has 0 bridgehead atoms. The molecule has 2 aromatic heterocycles. The zero-order valence-electron chi connectivity index (χ0n) is 14.9. The lowest BCUT2D eigenvalue weighted by atomic mass is 9.96. The van der Waals surface area contributed by atoms with E-state index in [1.807, 2.05) is 40.7 Å². The van der Waals surface area contributed by atoms with Gasteiger partial charge in [-0.3, -0.25) is 9.59 Å². The minimum Gasteiger partial charge on any atom is -0.361 e. The highest BCUT2D eigenvalue weighted by Crippen LogP contribution is 2.29. The van der Waals surface area contributed by atoms with Crippen LogP contribution in [0, 0.1) is 19.3 Å². The van der Waals surface area contributed by atoms with Gasteiger partial charge < -0.3 is 14.7 Å². The number of carbonyl (C=O) groups excluding carboxylic acids is 2. The molecule has 2 heterocycles. The molecule has 0 fully saturated rings. The Bertz CT molecular complexity index is 755. The van der Waals surface area contributed by atoms with Crippen LogP contribution >= 0.6 is 11.3 Å². The van der Waals surface area contributed by atoms with Crippen molar-refractivity contribution in [1.29, 1.82) is 0 Å². The number of anilines is 1. The van der Waals surface area contributed by atoms with Crippen molar-refractivity contribution in [2.75, 3.05) is 12.4 Å². The third-order valence-electron chi connectivity index (χ3n) is 3.45. The van der Waals surface area contributed by atoms with Crippen LogP contribution in [-0.4, -0.2) is 28.9 Å². The Balaban J connectivity index is 2.11. The summed E-state index contributed by atoms with van der Waals surface area (Å²) in [5, 5.41) is 7.46. The molecule has 0 aliphatic heterocycles. The van der Waals surface area contributed by atoms with E-state index in [0.717, 1.165) is 5.56 Å². The van der Waals surface area contributed by atoms with E-state index < -0.39 is 5.41 Å². The fourth-order valence-corrected chi connectivity index (χ4v) is 3.10. The van der Waals surface area contributed by atoms with Crippen molar-refractivity contribution < 1.29 is 14.1 Å². The molecular formula is C17H23N3O3S. The van der Waals surface area contributed by atoms with Gasteiger partial charge in [-0.25, -0.2) is 0 Å². The van der Waals surface area contributed by atoms with Gasteiger partial charge >= 0.3 is 0 Å². The Morgan fingerprint density at radius 3 is 2.50 bits per heavy atom. The van der Waals surface area contributed by atoms with Crippen molar-refractivity contribution in [3.05, 3.63) is 34.0 Å². The van der Waals surface area contributed by atoms with E-state index in [4.69, 9.17) is 4.52 Å². The molecule has 24 heavy (non-hydrogen) atoms. The van der Waals surface area contributed by atoms with Crippen LogP contribution in [0.5, 0.6) is 0 Å². The van der Waals surface area contributed by atoms with Gasteiger partial charge in [0.25, 0.3) is 5.91 Å². The van der Waals surface area contributed by atoms with Gasteiger partial charge in [0.15, 0.2) is 0 Å². The summed E-state index contributed by atoms with van der Waals surface area (Å²) in [5.74, 6) is 0.536. The Labute approximate surface area is 145 Å². The molecule has 2 aromatic rings. The van der Waals surface area contributed by atoms with Crippen LogP contribution in [0.2, 0.25) is 0 Å². The number of aromatic nitrogens is 1. The number of nitrogens with zero attached hydrogens (tertiary/aromatic N) is 2. The van der Waals surface area contributed by atoms with Gasteiger partial charge in [0.1, 0.15) is 11.5 Å². The average molecular weight is 349 g/mol. The molecule has 0 saturated heterocycles. The molecule has 2 amide bonds. The van der Waals surface area contributed by atoms with Crippen LogP contribution in [-0.2, 0) is 11.3 Å². The van der Waals surface area contributed by atoms with Crippen molar-refractivity contribution in [3.8, 4) is 0 Å². The monoisotopic (exact) mass is 349 g/mol. The number of amides is 2. The molecule has 7 heteroatoms. The van der Waals surface area contributed by atoms with Crippen molar-refractivity contribution in [3.63, 3.8) is 0 Å². The van der Waals surface area contributed by atoms with Gasteiger partial charge in [0.2, 0.25) is 5.91 Å². The number of hydrogen-bond acceptors (Lipinski definition) is 5. The highest BCUT2D eigenvalue weighted by Gasteiger charge is 2.24. The van der Waals surface area contributed by atoms with Crippen molar-refractivity contribution >= 4 is 28.2 Å². The highest BCUT2D eigenvalue weighted by molar-refractivity contribution is 7.18. The predicted molar refractivity (Wildman–Crippen MR) is 94.2 cm³/mol. The first-order valence-corrected chi connectivity index (χ1v) is 8.49. The van der Waals surface area contributed by atoms with Crippen LogP contribution in [0.15, 0.2) is 16.7 Å². The standard InChI is InChI=1S/C17H23N3O3S/c1-10-7-13(18-16(22)17(3,4)5)24-14(10)15(21)20(6)9-12-8-11(2)23-19-12/h7-8H,9H2,1-6H3,(H,18,22). The summed E-state index contributed by atoms with van der Waals surface area (Å²) in [4.78, 5) is 26.9. The Morgan fingerprint density at radius 2 is 1.96 bits per heavy atom. The molecule has 1 N–H and O–H groups in total. The first kappa shape index (κ1) is 18.2. The second-order valence-corrected chi connectivity index (χ2v) is 7.97. The summed E-state index contributed by atoms with van der Waals surface area (Å²) in [7, 11) is 1.72. The van der Waals surface area contributed by atoms with Gasteiger partial charge in [-0.2, -0.15) is 0 Å². The van der Waals surface area contributed by atoms with E-state index >= 15 is 0 Å². The average Bonchev–Trinajstić information content (AvgIpc) is 3.03. The molecule has 0 aromatic carbocycles. The predicted octanol–water partition coefficient (Wildman–Crippen LogP) is 3.61. The third kappa shape index (κ3) is 4.23. The summed E-state index contributed by atoms with van der Waals surface area (Å²) >= 11 is 1.29. The summed E-state index contributed by atoms with van der Waals surface area (Å²) in [5.41, 5.74) is 1.07. The van der Waals surface area contributed by atoms with Crippen LogP contribution in [0.4, 0.5) is 5.00 Å². The number of nitrogens with one attached hydrogen (secondary N) is 1. The first-order chi connectivity index (χ1) is 11.1. The topological polar surface area (TPSA) is 75.4 Å². The van der Waals surface area contributed by atoms with Crippen LogP contribution < -0.4 is 5.32 Å². The molecule has 2 rings (SSSR count). The minimum absolute atomic E-state index is 0.0748. The zero-order chi connectivity index (χ0) is 18.1. The molecular weight excluding hydrogens is 326 g/mol. The number of aryl methyl sites for hydroxylation is 2. The van der Waals surface area contributed by atoms with Crippen molar-refractivity contribution in [1.82, 2.24) is 10.1 Å². The fraction of sp³-hybridized carbons (Fsp3) is 0.471. The van der Waals surface area contributed by atoms with Gasteiger partial charge in [-0.15, -0.1) is 11.3 Å². The van der Waals surface area contributed by atoms with E-state index in [0.29, 0.717) is 27.9 Å². The SMILES string of the molecule is Cc1cc(CN(C)C(=O)c2sc(NC(=O)C(C)(C)C)cc2C)no1. The second-order valence-electron chi connectivity index (χ2n) is 6.92. The van der Waals surface area contributed by atoms with E-state index in [-0.39, 0.29) is 11.8 Å². The smallest absolute Gasteiger partial charge is 0.264 e. The van der Waals surface area contributed by atoms with E-state index in [9.17, 15) is 9.59 Å². The number of carbonyl (C=O) groups is 2. The van der Waals surface area contributed by atoms with Crippen LogP contribution in [0.25, 0.3) is 0 Å². The lowest BCUT2D eigenvalue weighted by Gasteiger charge is -2.16. The number of hydrogen-bond donors (Lipinski definition) is 1. The highest BCUT2D eigenvalue weighted by atomic mass is 32.1. The quantitative estimate of drug-likeness (QED) is 0.915. The molecule has 0 atom stereocenters. The maximum Gasteiger partial charge on any atom is 0.264 e. The molecule has 0 aliphatic carbocycles. The second kappa shape index (κ2) is 6.76. The molecule has 0 saturated carbocycles. The molecule has 0 spiro atoms. The Morgan fingerprint density at radius 1 is 1.29 bits per heavy atom. The summed E-state index contributed by atoms with van der Waals surface area (Å²) < 4.78 is 5.02. The maximum absolute atomic E-state index is 12.6. The molecule has 6 nitrogen and oxygen atoms in total. The minimum atomic E-state index is -0.482. The van der Waals surface area contributed by atoms with E-state index in [2.05, 4.69) is 10.5 Å².